The van der Waals surface area contributed by atoms with Crippen molar-refractivity contribution in [2.45, 2.75) is 44.9 Å². The van der Waals surface area contributed by atoms with Gasteiger partial charge < -0.3 is 14.8 Å². The van der Waals surface area contributed by atoms with Gasteiger partial charge in [0.05, 0.1) is 19.9 Å². The van der Waals surface area contributed by atoms with Crippen LogP contribution in [-0.4, -0.2) is 25.1 Å². The molecule has 5 nitrogen and oxygen atoms in total. The molecule has 0 saturated carbocycles. The summed E-state index contributed by atoms with van der Waals surface area (Å²) in [7, 11) is 3.25. The lowest BCUT2D eigenvalue weighted by Gasteiger charge is -2.08. The summed E-state index contributed by atoms with van der Waals surface area (Å²) >= 11 is 1.63. The van der Waals surface area contributed by atoms with Gasteiger partial charge >= 0.3 is 0 Å². The molecule has 0 saturated heterocycles. The Morgan fingerprint density at radius 1 is 1.12 bits per heavy atom. The number of fused-ring (bicyclic) bond motifs is 1. The molecule has 1 aliphatic carbocycles. The first-order chi connectivity index (χ1) is 12.2. The van der Waals surface area contributed by atoms with E-state index in [9.17, 15) is 4.79 Å². The van der Waals surface area contributed by atoms with Crippen molar-refractivity contribution in [1.82, 2.24) is 4.98 Å². The lowest BCUT2D eigenvalue weighted by molar-refractivity contribution is -0.116. The normalized spacial score (nSPS) is 13.7. The first kappa shape index (κ1) is 17.7. The number of aromatic nitrogens is 1. The summed E-state index contributed by atoms with van der Waals surface area (Å²) < 4.78 is 10.5. The molecule has 1 aliphatic rings. The summed E-state index contributed by atoms with van der Waals surface area (Å²) in [5.74, 6) is 1.46. The first-order valence-electron chi connectivity index (χ1n) is 8.68. The molecule has 25 heavy (non-hydrogen) atoms. The van der Waals surface area contributed by atoms with Crippen molar-refractivity contribution in [3.8, 4) is 11.5 Å². The van der Waals surface area contributed by atoms with Crippen LogP contribution in [0.3, 0.4) is 0 Å². The van der Waals surface area contributed by atoms with E-state index in [1.807, 2.05) is 18.2 Å². The van der Waals surface area contributed by atoms with Crippen molar-refractivity contribution < 1.29 is 14.3 Å². The van der Waals surface area contributed by atoms with Crippen molar-refractivity contribution in [3.63, 3.8) is 0 Å². The molecule has 1 amide bonds. The quantitative estimate of drug-likeness (QED) is 0.791. The van der Waals surface area contributed by atoms with Gasteiger partial charge in [0.1, 0.15) is 11.5 Å². The Morgan fingerprint density at radius 2 is 1.84 bits per heavy atom. The van der Waals surface area contributed by atoms with Crippen LogP contribution in [-0.2, 0) is 24.1 Å². The van der Waals surface area contributed by atoms with E-state index in [0.717, 1.165) is 35.0 Å². The average molecular weight is 360 g/mol. The van der Waals surface area contributed by atoms with Gasteiger partial charge in [0.2, 0.25) is 5.91 Å². The SMILES string of the molecule is COc1cc(CCC(=O)Nc2nc3c(s2)CCCCC3)cc(OC)c1. The summed E-state index contributed by atoms with van der Waals surface area (Å²) in [6.07, 6.45) is 6.85. The number of rotatable bonds is 6. The fourth-order valence-electron chi connectivity index (χ4n) is 3.03. The highest BCUT2D eigenvalue weighted by molar-refractivity contribution is 7.15. The second-order valence-electron chi connectivity index (χ2n) is 6.22. The minimum atomic E-state index is -0.00861. The second kappa shape index (κ2) is 8.34. The van der Waals surface area contributed by atoms with E-state index in [1.165, 1.54) is 29.8 Å². The largest absolute Gasteiger partial charge is 0.497 e. The number of carbonyl (C=O) groups excluding carboxylic acids is 1. The van der Waals surface area contributed by atoms with Gasteiger partial charge in [-0.05, 0) is 49.8 Å². The molecule has 0 bridgehead atoms. The smallest absolute Gasteiger partial charge is 0.226 e. The number of nitrogens with zero attached hydrogens (tertiary/aromatic N) is 1. The van der Waals surface area contributed by atoms with E-state index in [2.05, 4.69) is 10.3 Å². The van der Waals surface area contributed by atoms with Crippen LogP contribution in [0.2, 0.25) is 0 Å². The number of anilines is 1. The molecular weight excluding hydrogens is 336 g/mol. The van der Waals surface area contributed by atoms with E-state index >= 15 is 0 Å². The summed E-state index contributed by atoms with van der Waals surface area (Å²) in [6.45, 7) is 0. The average Bonchev–Trinajstić information content (AvgIpc) is 2.87. The number of ether oxygens (including phenoxy) is 2. The lowest BCUT2D eigenvalue weighted by atomic mass is 10.1. The Bertz CT molecular complexity index is 697. The summed E-state index contributed by atoms with van der Waals surface area (Å²) in [6, 6.07) is 5.69. The highest BCUT2D eigenvalue weighted by Crippen LogP contribution is 2.29. The molecule has 0 radical (unpaired) electrons. The van der Waals surface area contributed by atoms with Gasteiger partial charge in [0.15, 0.2) is 5.13 Å². The zero-order valence-corrected chi connectivity index (χ0v) is 15.6. The monoisotopic (exact) mass is 360 g/mol. The number of hydrogen-bond acceptors (Lipinski definition) is 5. The Balaban J connectivity index is 1.58. The minimum absolute atomic E-state index is 0.00861. The van der Waals surface area contributed by atoms with Gasteiger partial charge in [-0.15, -0.1) is 11.3 Å². The second-order valence-corrected chi connectivity index (χ2v) is 7.30. The van der Waals surface area contributed by atoms with Crippen molar-refractivity contribution in [2.24, 2.45) is 0 Å². The van der Waals surface area contributed by atoms with Crippen LogP contribution < -0.4 is 14.8 Å². The third-order valence-electron chi connectivity index (χ3n) is 4.39. The summed E-state index contributed by atoms with van der Waals surface area (Å²) in [4.78, 5) is 18.2. The molecule has 1 aromatic carbocycles. The maximum atomic E-state index is 12.3. The third kappa shape index (κ3) is 4.72. The molecule has 1 N–H and O–H groups in total. The Morgan fingerprint density at radius 3 is 2.56 bits per heavy atom. The maximum Gasteiger partial charge on any atom is 0.226 e. The zero-order chi connectivity index (χ0) is 17.6. The van der Waals surface area contributed by atoms with Gasteiger partial charge in [-0.1, -0.05) is 6.42 Å². The van der Waals surface area contributed by atoms with E-state index in [-0.39, 0.29) is 5.91 Å². The number of thiazole rings is 1. The van der Waals surface area contributed by atoms with Gasteiger partial charge in [-0.2, -0.15) is 0 Å². The number of nitrogens with one attached hydrogen (secondary N) is 1. The number of benzene rings is 1. The van der Waals surface area contributed by atoms with Crippen LogP contribution in [0.4, 0.5) is 5.13 Å². The van der Waals surface area contributed by atoms with Gasteiger partial charge in [0.25, 0.3) is 0 Å². The molecule has 134 valence electrons. The lowest BCUT2D eigenvalue weighted by Crippen LogP contribution is -2.12. The molecule has 0 unspecified atom stereocenters. The fraction of sp³-hybridized carbons (Fsp3) is 0.474. The number of aryl methyl sites for hydroxylation is 3. The highest BCUT2D eigenvalue weighted by Gasteiger charge is 2.15. The molecule has 6 heteroatoms. The minimum Gasteiger partial charge on any atom is -0.497 e. The number of carbonyl (C=O) groups is 1. The Kier molecular flexibility index (Phi) is 5.91. The standard InChI is InChI=1S/C19H24N2O3S/c1-23-14-10-13(11-15(12-14)24-2)8-9-18(22)21-19-20-16-6-4-3-5-7-17(16)25-19/h10-12H,3-9H2,1-2H3,(H,20,21,22). The van der Waals surface area contributed by atoms with E-state index in [1.54, 1.807) is 25.6 Å². The molecule has 3 rings (SSSR count). The highest BCUT2D eigenvalue weighted by atomic mass is 32.1. The Labute approximate surface area is 152 Å². The van der Waals surface area contributed by atoms with Crippen LogP contribution in [0.5, 0.6) is 11.5 Å². The molecule has 0 aliphatic heterocycles. The van der Waals surface area contributed by atoms with Gasteiger partial charge in [-0.3, -0.25) is 4.79 Å². The van der Waals surface area contributed by atoms with E-state index in [0.29, 0.717) is 12.8 Å². The van der Waals surface area contributed by atoms with Crippen molar-refractivity contribution in [3.05, 3.63) is 34.3 Å². The van der Waals surface area contributed by atoms with Crippen molar-refractivity contribution in [2.75, 3.05) is 19.5 Å². The summed E-state index contributed by atoms with van der Waals surface area (Å²) in [5, 5.41) is 3.69. The van der Waals surface area contributed by atoms with Gasteiger partial charge in [0, 0.05) is 17.4 Å². The zero-order valence-electron chi connectivity index (χ0n) is 14.8. The predicted octanol–water partition coefficient (Wildman–Crippen LogP) is 4.00. The van der Waals surface area contributed by atoms with Gasteiger partial charge in [-0.25, -0.2) is 4.98 Å². The van der Waals surface area contributed by atoms with Crippen LogP contribution in [0.25, 0.3) is 0 Å². The third-order valence-corrected chi connectivity index (χ3v) is 5.47. The molecule has 0 fully saturated rings. The van der Waals surface area contributed by atoms with E-state index in [4.69, 9.17) is 9.47 Å². The fourth-order valence-corrected chi connectivity index (χ4v) is 4.10. The number of amides is 1. The van der Waals surface area contributed by atoms with Crippen molar-refractivity contribution in [1.29, 1.82) is 0 Å². The molecule has 0 spiro atoms. The van der Waals surface area contributed by atoms with Crippen LogP contribution in [0, 0.1) is 0 Å². The number of hydrogen-bond donors (Lipinski definition) is 1. The maximum absolute atomic E-state index is 12.3. The van der Waals surface area contributed by atoms with Crippen LogP contribution in [0.1, 0.15) is 41.8 Å². The molecule has 1 aromatic heterocycles. The molecule has 2 aromatic rings. The molecular formula is C19H24N2O3S. The molecule has 0 atom stereocenters. The van der Waals surface area contributed by atoms with E-state index < -0.39 is 0 Å². The number of methoxy groups -OCH3 is 2. The summed E-state index contributed by atoms with van der Waals surface area (Å²) in [5.41, 5.74) is 2.19. The first-order valence-corrected chi connectivity index (χ1v) is 9.50. The Hall–Kier alpha value is -2.08. The van der Waals surface area contributed by atoms with Crippen molar-refractivity contribution >= 4 is 22.4 Å². The van der Waals surface area contributed by atoms with Crippen LogP contribution in [0.15, 0.2) is 18.2 Å². The topological polar surface area (TPSA) is 60.5 Å². The molecule has 1 heterocycles. The van der Waals surface area contributed by atoms with Crippen LogP contribution >= 0.6 is 11.3 Å². The predicted molar refractivity (Wildman–Crippen MR) is 99.9 cm³/mol.